The number of alkyl halides is 1. The molecule has 0 nitrogen and oxygen atoms in total. The van der Waals surface area contributed by atoms with Crippen molar-refractivity contribution >= 4 is 27.5 Å². The Kier molecular flexibility index (Phi) is 2.90. The van der Waals surface area contributed by atoms with E-state index >= 15 is 0 Å². The highest BCUT2D eigenvalue weighted by molar-refractivity contribution is 9.10. The van der Waals surface area contributed by atoms with Crippen LogP contribution >= 0.6 is 27.5 Å². The molecule has 0 amide bonds. The average Bonchev–Trinajstić information content (AvgIpc) is 2.01. The van der Waals surface area contributed by atoms with Crippen LogP contribution < -0.4 is 0 Å². The molecule has 0 aliphatic heterocycles. The van der Waals surface area contributed by atoms with Crippen molar-refractivity contribution in [3.8, 4) is 0 Å². The van der Waals surface area contributed by atoms with Crippen LogP contribution in [0.3, 0.4) is 0 Å². The average molecular weight is 237 g/mol. The van der Waals surface area contributed by atoms with Crippen molar-refractivity contribution in [1.82, 2.24) is 0 Å². The first-order valence-electron chi connectivity index (χ1n) is 3.16. The topological polar surface area (TPSA) is 0 Å². The molecule has 1 aromatic rings. The minimum Gasteiger partial charge on any atom is -0.206 e. The Morgan fingerprint density at radius 2 is 2.18 bits per heavy atom. The molecular formula is C8H7BrClF. The molecule has 0 spiro atoms. The van der Waals surface area contributed by atoms with Gasteiger partial charge >= 0.3 is 0 Å². The van der Waals surface area contributed by atoms with Crippen LogP contribution in [0, 0.1) is 12.7 Å². The van der Waals surface area contributed by atoms with Crippen LogP contribution in [0.15, 0.2) is 16.6 Å². The van der Waals surface area contributed by atoms with E-state index in [0.29, 0.717) is 10.4 Å². The van der Waals surface area contributed by atoms with Crippen molar-refractivity contribution < 1.29 is 4.39 Å². The summed E-state index contributed by atoms with van der Waals surface area (Å²) in [6, 6.07) is 3.11. The van der Waals surface area contributed by atoms with Gasteiger partial charge in [0.15, 0.2) is 0 Å². The van der Waals surface area contributed by atoms with Gasteiger partial charge in [-0.15, -0.1) is 11.6 Å². The first-order valence-corrected chi connectivity index (χ1v) is 4.49. The van der Waals surface area contributed by atoms with Gasteiger partial charge in [-0.25, -0.2) is 4.39 Å². The number of hydrogen-bond donors (Lipinski definition) is 0. The smallest absolute Gasteiger partial charge is 0.137 e. The Bertz CT molecular complexity index is 273. The fourth-order valence-electron chi connectivity index (χ4n) is 0.837. The number of rotatable bonds is 1. The van der Waals surface area contributed by atoms with E-state index in [4.69, 9.17) is 11.6 Å². The Labute approximate surface area is 78.5 Å². The van der Waals surface area contributed by atoms with Crippen LogP contribution in [-0.4, -0.2) is 0 Å². The summed E-state index contributed by atoms with van der Waals surface area (Å²) in [5.41, 5.74) is 1.83. The molecule has 1 rings (SSSR count). The molecule has 0 bridgehead atoms. The molecule has 0 N–H and O–H groups in total. The fourth-order valence-corrected chi connectivity index (χ4v) is 1.51. The lowest BCUT2D eigenvalue weighted by molar-refractivity contribution is 0.619. The second kappa shape index (κ2) is 3.55. The van der Waals surface area contributed by atoms with Gasteiger partial charge in [0, 0.05) is 5.88 Å². The van der Waals surface area contributed by atoms with Gasteiger partial charge in [-0.3, -0.25) is 0 Å². The summed E-state index contributed by atoms with van der Waals surface area (Å²) in [5, 5.41) is 0. The summed E-state index contributed by atoms with van der Waals surface area (Å²) < 4.78 is 13.3. The zero-order valence-corrected chi connectivity index (χ0v) is 8.34. The second-order valence-corrected chi connectivity index (χ2v) is 3.34. The Balaban J connectivity index is 3.25. The maximum atomic E-state index is 12.8. The lowest BCUT2D eigenvalue weighted by Gasteiger charge is -2.04. The van der Waals surface area contributed by atoms with Crippen molar-refractivity contribution in [2.24, 2.45) is 0 Å². The van der Waals surface area contributed by atoms with E-state index in [9.17, 15) is 4.39 Å². The zero-order valence-electron chi connectivity index (χ0n) is 6.00. The van der Waals surface area contributed by atoms with E-state index in [-0.39, 0.29) is 5.82 Å². The molecule has 0 aliphatic rings. The van der Waals surface area contributed by atoms with Gasteiger partial charge in [0.25, 0.3) is 0 Å². The Hall–Kier alpha value is -0.0800. The molecule has 0 aromatic heterocycles. The van der Waals surface area contributed by atoms with Crippen LogP contribution in [-0.2, 0) is 5.88 Å². The van der Waals surface area contributed by atoms with Crippen LogP contribution in [0.4, 0.5) is 4.39 Å². The molecule has 0 saturated heterocycles. The van der Waals surface area contributed by atoms with Crippen molar-refractivity contribution in [3.63, 3.8) is 0 Å². The monoisotopic (exact) mass is 236 g/mol. The molecule has 0 fully saturated rings. The first-order chi connectivity index (χ1) is 5.16. The van der Waals surface area contributed by atoms with Crippen molar-refractivity contribution in [3.05, 3.63) is 33.5 Å². The molecule has 0 aliphatic carbocycles. The van der Waals surface area contributed by atoms with Crippen LogP contribution in [0.25, 0.3) is 0 Å². The van der Waals surface area contributed by atoms with E-state index in [1.807, 2.05) is 6.92 Å². The normalized spacial score (nSPS) is 10.2. The Morgan fingerprint density at radius 1 is 1.55 bits per heavy atom. The van der Waals surface area contributed by atoms with Gasteiger partial charge in [-0.1, -0.05) is 6.07 Å². The first kappa shape index (κ1) is 9.01. The molecule has 0 heterocycles. The van der Waals surface area contributed by atoms with Crippen molar-refractivity contribution in [1.29, 1.82) is 0 Å². The molecule has 0 unspecified atom stereocenters. The van der Waals surface area contributed by atoms with Gasteiger partial charge in [-0.05, 0) is 40.0 Å². The highest BCUT2D eigenvalue weighted by Crippen LogP contribution is 2.23. The van der Waals surface area contributed by atoms with Gasteiger partial charge in [0.1, 0.15) is 5.82 Å². The predicted octanol–water partition coefficient (Wildman–Crippen LogP) is 3.64. The third-order valence-corrected chi connectivity index (χ3v) is 2.86. The highest BCUT2D eigenvalue weighted by atomic mass is 79.9. The third kappa shape index (κ3) is 1.74. The minimum absolute atomic E-state index is 0.239. The van der Waals surface area contributed by atoms with E-state index in [1.165, 1.54) is 6.07 Å². The van der Waals surface area contributed by atoms with Crippen LogP contribution in [0.5, 0.6) is 0 Å². The third-order valence-electron chi connectivity index (χ3n) is 1.60. The quantitative estimate of drug-likeness (QED) is 0.654. The number of benzene rings is 1. The van der Waals surface area contributed by atoms with E-state index in [1.54, 1.807) is 6.07 Å². The fraction of sp³-hybridized carbons (Fsp3) is 0.250. The van der Waals surface area contributed by atoms with Gasteiger partial charge < -0.3 is 0 Å². The van der Waals surface area contributed by atoms with Gasteiger partial charge in [0.2, 0.25) is 0 Å². The van der Waals surface area contributed by atoms with Crippen LogP contribution in [0.1, 0.15) is 11.1 Å². The van der Waals surface area contributed by atoms with Gasteiger partial charge in [-0.2, -0.15) is 0 Å². The summed E-state index contributed by atoms with van der Waals surface area (Å²) in [6.07, 6.45) is 0. The number of halogens is 3. The van der Waals surface area contributed by atoms with Crippen molar-refractivity contribution in [2.45, 2.75) is 12.8 Å². The molecule has 60 valence electrons. The number of hydrogen-bond acceptors (Lipinski definition) is 0. The second-order valence-electron chi connectivity index (χ2n) is 2.28. The predicted molar refractivity (Wildman–Crippen MR) is 48.4 cm³/mol. The maximum Gasteiger partial charge on any atom is 0.137 e. The molecule has 0 atom stereocenters. The summed E-state index contributed by atoms with van der Waals surface area (Å²) in [6.45, 7) is 1.84. The lowest BCUT2D eigenvalue weighted by atomic mass is 10.1. The SMILES string of the molecule is Cc1c(CCl)ccc(F)c1Br. The van der Waals surface area contributed by atoms with E-state index in [2.05, 4.69) is 15.9 Å². The summed E-state index contributed by atoms with van der Waals surface area (Å²) in [4.78, 5) is 0. The summed E-state index contributed by atoms with van der Waals surface area (Å²) in [5.74, 6) is 0.182. The zero-order chi connectivity index (χ0) is 8.43. The largest absolute Gasteiger partial charge is 0.206 e. The lowest BCUT2D eigenvalue weighted by Crippen LogP contribution is -1.88. The summed E-state index contributed by atoms with van der Waals surface area (Å²) >= 11 is 8.75. The molecule has 3 heteroatoms. The molecule has 1 aromatic carbocycles. The molecule has 0 radical (unpaired) electrons. The van der Waals surface area contributed by atoms with Crippen molar-refractivity contribution in [2.75, 3.05) is 0 Å². The highest BCUT2D eigenvalue weighted by Gasteiger charge is 2.05. The van der Waals surface area contributed by atoms with Gasteiger partial charge in [0.05, 0.1) is 4.47 Å². The van der Waals surface area contributed by atoms with Crippen LogP contribution in [0.2, 0.25) is 0 Å². The Morgan fingerprint density at radius 3 is 2.73 bits per heavy atom. The minimum atomic E-state index is -0.239. The molecule has 11 heavy (non-hydrogen) atoms. The maximum absolute atomic E-state index is 12.8. The summed E-state index contributed by atoms with van der Waals surface area (Å²) in [7, 11) is 0. The van der Waals surface area contributed by atoms with E-state index in [0.717, 1.165) is 11.1 Å². The van der Waals surface area contributed by atoms with E-state index < -0.39 is 0 Å². The standard InChI is InChI=1S/C8H7BrClF/c1-5-6(4-10)2-3-7(11)8(5)9/h2-3H,4H2,1H3. The molecular weight excluding hydrogens is 230 g/mol. The molecule has 0 saturated carbocycles.